The van der Waals surface area contributed by atoms with E-state index in [4.69, 9.17) is 10.5 Å². The Morgan fingerprint density at radius 1 is 1.24 bits per heavy atom. The molecule has 0 amide bonds. The molecule has 1 aromatic carbocycles. The van der Waals surface area contributed by atoms with Crippen LogP contribution in [0.4, 0.5) is 0 Å². The maximum atomic E-state index is 11.6. The zero-order valence-electron chi connectivity index (χ0n) is 10.0. The molecule has 1 heterocycles. The summed E-state index contributed by atoms with van der Waals surface area (Å²) in [6.07, 6.45) is 2.59. The lowest BCUT2D eigenvalue weighted by atomic mass is 9.91. The number of carbonyl (C=O) groups is 1. The molecule has 0 saturated carbocycles. The van der Waals surface area contributed by atoms with Crippen LogP contribution in [0.5, 0.6) is 0 Å². The molecule has 0 atom stereocenters. The molecule has 0 spiro atoms. The molecule has 0 radical (unpaired) electrons. The van der Waals surface area contributed by atoms with Gasteiger partial charge in [0.05, 0.1) is 0 Å². The molecular formula is C14H19NO2. The minimum absolute atomic E-state index is 0.131. The minimum Gasteiger partial charge on any atom is -0.381 e. The SMILES string of the molecule is NCCC(=O)c1ccc(C2CCOCC2)cc1. The number of benzene rings is 1. The normalized spacial score (nSPS) is 17.0. The van der Waals surface area contributed by atoms with E-state index in [0.29, 0.717) is 18.9 Å². The number of ether oxygens (including phenoxy) is 1. The van der Waals surface area contributed by atoms with E-state index in [1.807, 2.05) is 12.1 Å². The summed E-state index contributed by atoms with van der Waals surface area (Å²) in [5.41, 5.74) is 7.47. The van der Waals surface area contributed by atoms with E-state index in [2.05, 4.69) is 12.1 Å². The molecule has 1 aromatic rings. The van der Waals surface area contributed by atoms with Crippen LogP contribution in [0.3, 0.4) is 0 Å². The van der Waals surface area contributed by atoms with Crippen molar-refractivity contribution in [2.45, 2.75) is 25.2 Å². The molecule has 0 aromatic heterocycles. The van der Waals surface area contributed by atoms with Gasteiger partial charge in [-0.15, -0.1) is 0 Å². The lowest BCUT2D eigenvalue weighted by Gasteiger charge is -2.22. The van der Waals surface area contributed by atoms with Gasteiger partial charge in [0.1, 0.15) is 0 Å². The van der Waals surface area contributed by atoms with Crippen LogP contribution >= 0.6 is 0 Å². The third-order valence-corrected chi connectivity index (χ3v) is 3.30. The molecule has 0 unspecified atom stereocenters. The van der Waals surface area contributed by atoms with Gasteiger partial charge in [0.15, 0.2) is 5.78 Å². The molecule has 0 bridgehead atoms. The Morgan fingerprint density at radius 2 is 1.88 bits per heavy atom. The topological polar surface area (TPSA) is 52.3 Å². The molecule has 2 N–H and O–H groups in total. The van der Waals surface area contributed by atoms with E-state index in [9.17, 15) is 4.79 Å². The van der Waals surface area contributed by atoms with Gasteiger partial charge in [-0.2, -0.15) is 0 Å². The van der Waals surface area contributed by atoms with Gasteiger partial charge in [0.25, 0.3) is 0 Å². The van der Waals surface area contributed by atoms with Crippen LogP contribution in [0.1, 0.15) is 41.1 Å². The van der Waals surface area contributed by atoms with Gasteiger partial charge < -0.3 is 10.5 Å². The monoisotopic (exact) mass is 233 g/mol. The van der Waals surface area contributed by atoms with Gasteiger partial charge in [-0.3, -0.25) is 4.79 Å². The van der Waals surface area contributed by atoms with Crippen LogP contribution in [-0.4, -0.2) is 25.5 Å². The van der Waals surface area contributed by atoms with Crippen molar-refractivity contribution in [1.29, 1.82) is 0 Å². The summed E-state index contributed by atoms with van der Waals surface area (Å²) in [5, 5.41) is 0. The molecule has 1 saturated heterocycles. The van der Waals surface area contributed by atoms with E-state index in [1.54, 1.807) is 0 Å². The first-order chi connectivity index (χ1) is 8.31. The Kier molecular flexibility index (Phi) is 4.29. The summed E-state index contributed by atoms with van der Waals surface area (Å²) >= 11 is 0. The van der Waals surface area contributed by atoms with Gasteiger partial charge in [0.2, 0.25) is 0 Å². The van der Waals surface area contributed by atoms with Crippen molar-refractivity contribution in [3.05, 3.63) is 35.4 Å². The Hall–Kier alpha value is -1.19. The van der Waals surface area contributed by atoms with Gasteiger partial charge in [-0.05, 0) is 30.9 Å². The first-order valence-electron chi connectivity index (χ1n) is 6.22. The first kappa shape index (κ1) is 12.3. The number of rotatable bonds is 4. The van der Waals surface area contributed by atoms with E-state index in [1.165, 1.54) is 5.56 Å². The highest BCUT2D eigenvalue weighted by molar-refractivity contribution is 5.96. The molecule has 1 fully saturated rings. The molecule has 2 rings (SSSR count). The predicted octanol–water partition coefficient (Wildman–Crippen LogP) is 2.11. The molecule has 17 heavy (non-hydrogen) atoms. The number of hydrogen-bond donors (Lipinski definition) is 1. The molecule has 1 aliphatic heterocycles. The summed E-state index contributed by atoms with van der Waals surface area (Å²) in [6, 6.07) is 7.98. The van der Waals surface area contributed by atoms with Crippen LogP contribution in [0.25, 0.3) is 0 Å². The summed E-state index contributed by atoms with van der Waals surface area (Å²) < 4.78 is 5.35. The predicted molar refractivity (Wildman–Crippen MR) is 67.2 cm³/mol. The smallest absolute Gasteiger partial charge is 0.164 e. The number of nitrogens with two attached hydrogens (primary N) is 1. The molecular weight excluding hydrogens is 214 g/mol. The Bertz CT molecular complexity index is 366. The quantitative estimate of drug-likeness (QED) is 0.810. The number of Topliss-reactive ketones (excluding diaryl/α,β-unsaturated/α-hetero) is 1. The highest BCUT2D eigenvalue weighted by Crippen LogP contribution is 2.26. The Balaban J connectivity index is 2.04. The Labute approximate surface area is 102 Å². The average Bonchev–Trinajstić information content (AvgIpc) is 2.40. The first-order valence-corrected chi connectivity index (χ1v) is 6.22. The van der Waals surface area contributed by atoms with Crippen molar-refractivity contribution < 1.29 is 9.53 Å². The van der Waals surface area contributed by atoms with E-state index in [-0.39, 0.29) is 5.78 Å². The minimum atomic E-state index is 0.131. The summed E-state index contributed by atoms with van der Waals surface area (Å²) in [7, 11) is 0. The molecule has 92 valence electrons. The maximum absolute atomic E-state index is 11.6. The lowest BCUT2D eigenvalue weighted by Crippen LogP contribution is -2.14. The summed E-state index contributed by atoms with van der Waals surface area (Å²) in [5.74, 6) is 0.716. The van der Waals surface area contributed by atoms with Crippen molar-refractivity contribution >= 4 is 5.78 Å². The summed E-state index contributed by atoms with van der Waals surface area (Å²) in [4.78, 5) is 11.6. The van der Waals surface area contributed by atoms with Gasteiger partial charge >= 0.3 is 0 Å². The van der Waals surface area contributed by atoms with Crippen molar-refractivity contribution in [3.8, 4) is 0 Å². The molecule has 3 nitrogen and oxygen atoms in total. The largest absolute Gasteiger partial charge is 0.381 e. The highest BCUT2D eigenvalue weighted by Gasteiger charge is 2.16. The average molecular weight is 233 g/mol. The second kappa shape index (κ2) is 5.94. The number of carbonyl (C=O) groups excluding carboxylic acids is 1. The van der Waals surface area contributed by atoms with E-state index >= 15 is 0 Å². The maximum Gasteiger partial charge on any atom is 0.164 e. The number of hydrogen-bond acceptors (Lipinski definition) is 3. The summed E-state index contributed by atoms with van der Waals surface area (Å²) in [6.45, 7) is 2.11. The number of ketones is 1. The standard InChI is InChI=1S/C14H19NO2/c15-8-5-14(16)13-3-1-11(2-4-13)12-6-9-17-10-7-12/h1-4,12H,5-10,15H2. The van der Waals surface area contributed by atoms with Crippen molar-refractivity contribution in [1.82, 2.24) is 0 Å². The zero-order valence-corrected chi connectivity index (χ0v) is 10.0. The second-order valence-electron chi connectivity index (χ2n) is 4.47. The zero-order chi connectivity index (χ0) is 12.1. The van der Waals surface area contributed by atoms with Crippen LogP contribution in [-0.2, 0) is 4.74 Å². The van der Waals surface area contributed by atoms with Gasteiger partial charge in [-0.25, -0.2) is 0 Å². The fourth-order valence-corrected chi connectivity index (χ4v) is 2.25. The fraction of sp³-hybridized carbons (Fsp3) is 0.500. The third kappa shape index (κ3) is 3.14. The molecule has 3 heteroatoms. The lowest BCUT2D eigenvalue weighted by molar-refractivity contribution is 0.0853. The van der Waals surface area contributed by atoms with Crippen molar-refractivity contribution in [3.63, 3.8) is 0 Å². The van der Waals surface area contributed by atoms with Crippen molar-refractivity contribution in [2.75, 3.05) is 19.8 Å². The van der Waals surface area contributed by atoms with Crippen LogP contribution in [0.2, 0.25) is 0 Å². The van der Waals surface area contributed by atoms with Crippen LogP contribution < -0.4 is 5.73 Å². The van der Waals surface area contributed by atoms with Crippen LogP contribution in [0.15, 0.2) is 24.3 Å². The van der Waals surface area contributed by atoms with Gasteiger partial charge in [0, 0.05) is 25.2 Å². The Morgan fingerprint density at radius 3 is 2.47 bits per heavy atom. The third-order valence-electron chi connectivity index (χ3n) is 3.30. The fourth-order valence-electron chi connectivity index (χ4n) is 2.25. The second-order valence-corrected chi connectivity index (χ2v) is 4.47. The van der Waals surface area contributed by atoms with E-state index < -0.39 is 0 Å². The highest BCUT2D eigenvalue weighted by atomic mass is 16.5. The van der Waals surface area contributed by atoms with Crippen molar-refractivity contribution in [2.24, 2.45) is 5.73 Å². The van der Waals surface area contributed by atoms with E-state index in [0.717, 1.165) is 31.6 Å². The van der Waals surface area contributed by atoms with Crippen LogP contribution in [0, 0.1) is 0 Å². The molecule has 1 aliphatic rings. The van der Waals surface area contributed by atoms with Gasteiger partial charge in [-0.1, -0.05) is 24.3 Å². The molecule has 0 aliphatic carbocycles.